The lowest BCUT2D eigenvalue weighted by molar-refractivity contribution is -0.148. The molecule has 2 saturated heterocycles. The summed E-state index contributed by atoms with van der Waals surface area (Å²) in [6.07, 6.45) is 2.53. The molecule has 4 fully saturated rings. The van der Waals surface area contributed by atoms with E-state index >= 15 is 0 Å². The van der Waals surface area contributed by atoms with Crippen molar-refractivity contribution in [2.45, 2.75) is 196 Å². The highest BCUT2D eigenvalue weighted by Crippen LogP contribution is 2.48. The minimum Gasteiger partial charge on any atom is -0.497 e. The number of carbonyl (C=O) groups is 10. The summed E-state index contributed by atoms with van der Waals surface area (Å²) in [5.41, 5.74) is -1.60. The summed E-state index contributed by atoms with van der Waals surface area (Å²) < 4.78 is 34.4. The molecule has 4 aliphatic rings. The quantitative estimate of drug-likeness (QED) is 0.0206. The number of hydrogen-bond acceptors (Lipinski definition) is 22. The summed E-state index contributed by atoms with van der Waals surface area (Å²) in [7, 11) is 5.61. The SMILES string of the molecule is C=C[C@H]1C[C@]1(NC(=O)[C@@H]1CC(Oc2cc(-c3csc(NC(C)=O)n3)nc3cc(OC)ccc23)CN1C(=O)[C@@H](NC(=O)NC(C)C(C)(C)C)C(C)(C)C)C(=O)OC.C=C[C@H]1C[C@]1(NC(=O)[C@@H]1CC(Oc2cc(-c3csc(NC(C)=O)n3)nc3cc(OC)ccc23)CN1C(=O)[C@@H](NC(=O)NC(C)C(C)(C)C)C(C)(C)C)C(=O)OC. The molecule has 30 nitrogen and oxygen atoms in total. The van der Waals surface area contributed by atoms with Gasteiger partial charge in [-0.05, 0) is 72.6 Å². The second kappa shape index (κ2) is 33.8. The zero-order chi connectivity index (χ0) is 82.7. The van der Waals surface area contributed by atoms with Gasteiger partial charge in [0.2, 0.25) is 35.4 Å². The van der Waals surface area contributed by atoms with E-state index in [2.05, 4.69) is 65.7 Å². The van der Waals surface area contributed by atoms with E-state index in [4.69, 9.17) is 38.4 Å². The third-order valence-electron chi connectivity index (χ3n) is 20.8. The van der Waals surface area contributed by atoms with Crippen molar-refractivity contribution in [3.8, 4) is 45.8 Å². The highest BCUT2D eigenvalue weighted by atomic mass is 32.1. The van der Waals surface area contributed by atoms with Gasteiger partial charge in [0.05, 0.1) is 63.9 Å². The van der Waals surface area contributed by atoms with Gasteiger partial charge in [-0.25, -0.2) is 39.1 Å². The van der Waals surface area contributed by atoms with E-state index in [-0.39, 0.29) is 72.5 Å². The normalized spacial score (nSPS) is 21.7. The molecule has 6 heterocycles. The first-order chi connectivity index (χ1) is 52.4. The number of nitrogens with one attached hydrogen (secondary N) is 8. The van der Waals surface area contributed by atoms with Gasteiger partial charge in [-0.3, -0.25) is 28.8 Å². The van der Waals surface area contributed by atoms with Gasteiger partial charge in [0.25, 0.3) is 0 Å². The van der Waals surface area contributed by atoms with Gasteiger partial charge in [0.15, 0.2) is 10.3 Å². The summed E-state index contributed by atoms with van der Waals surface area (Å²) in [5.74, 6) is -2.52. The van der Waals surface area contributed by atoms with Crippen LogP contribution in [0.1, 0.15) is 136 Å². The van der Waals surface area contributed by atoms with Crippen LogP contribution in [0.15, 0.2) is 84.6 Å². The molecular weight excluding hydrogens is 1480 g/mol. The van der Waals surface area contributed by atoms with Crippen LogP contribution < -0.4 is 61.5 Å². The molecule has 4 aromatic heterocycles. The number of carbonyl (C=O) groups excluding carboxylic acids is 10. The van der Waals surface area contributed by atoms with E-state index in [1.807, 2.05) is 109 Å². The average Bonchev–Trinajstić information content (AvgIpc) is 1.58. The third-order valence-corrected chi connectivity index (χ3v) is 22.3. The highest BCUT2D eigenvalue weighted by Gasteiger charge is 2.63. The average molecular weight is 1580 g/mol. The fourth-order valence-corrected chi connectivity index (χ4v) is 14.6. The van der Waals surface area contributed by atoms with Crippen LogP contribution >= 0.6 is 22.7 Å². The Hall–Kier alpha value is -10.5. The van der Waals surface area contributed by atoms with Crippen LogP contribution in [0.5, 0.6) is 23.0 Å². The summed E-state index contributed by atoms with van der Waals surface area (Å²) >= 11 is 2.50. The predicted molar refractivity (Wildman–Crippen MR) is 427 cm³/mol. The molecule has 10 rings (SSSR count). The molecular formula is C80H106N14O16S2. The van der Waals surface area contributed by atoms with Crippen molar-refractivity contribution in [3.63, 3.8) is 0 Å². The van der Waals surface area contributed by atoms with Crippen LogP contribution in [0.2, 0.25) is 0 Å². The molecule has 10 amide bonds. The monoisotopic (exact) mass is 1580 g/mol. The van der Waals surface area contributed by atoms with Crippen LogP contribution in [0, 0.1) is 33.5 Å². The number of thiazole rings is 2. The van der Waals surface area contributed by atoms with E-state index in [0.717, 1.165) is 0 Å². The zero-order valence-corrected chi connectivity index (χ0v) is 69.0. The number of pyridine rings is 2. The number of urea groups is 2. The van der Waals surface area contributed by atoms with Crippen LogP contribution in [0.25, 0.3) is 44.6 Å². The number of nitrogens with zero attached hydrogens (tertiary/aromatic N) is 6. The number of methoxy groups -OCH3 is 4. The molecule has 112 heavy (non-hydrogen) atoms. The third kappa shape index (κ3) is 19.7. The van der Waals surface area contributed by atoms with Crippen molar-refractivity contribution in [1.82, 2.24) is 61.6 Å². The fourth-order valence-electron chi connectivity index (χ4n) is 13.1. The zero-order valence-electron chi connectivity index (χ0n) is 67.4. The second-order valence-electron chi connectivity index (χ2n) is 33.2. The molecule has 2 saturated carbocycles. The fraction of sp³-hybridized carbons (Fsp3) is 0.525. The van der Waals surface area contributed by atoms with E-state index in [9.17, 15) is 47.9 Å². The lowest BCUT2D eigenvalue weighted by atomic mass is 9.85. The van der Waals surface area contributed by atoms with Gasteiger partial charge in [0, 0.05) is 96.4 Å². The van der Waals surface area contributed by atoms with Crippen LogP contribution in [0.3, 0.4) is 0 Å². The van der Waals surface area contributed by atoms with Crippen molar-refractivity contribution in [3.05, 3.63) is 84.6 Å². The molecule has 0 radical (unpaired) electrons. The highest BCUT2D eigenvalue weighted by molar-refractivity contribution is 7.14. The van der Waals surface area contributed by atoms with E-state index in [1.54, 1.807) is 73.5 Å². The minimum atomic E-state index is -1.30. The first kappa shape index (κ1) is 85.5. The molecule has 32 heteroatoms. The molecule has 2 aliphatic heterocycles. The van der Waals surface area contributed by atoms with E-state index in [1.165, 1.54) is 60.5 Å². The van der Waals surface area contributed by atoms with Crippen molar-refractivity contribution < 1.29 is 76.4 Å². The molecule has 604 valence electrons. The Labute approximate surface area is 660 Å². The largest absolute Gasteiger partial charge is 0.497 e. The Morgan fingerprint density at radius 1 is 0.509 bits per heavy atom. The Balaban J connectivity index is 0.000000257. The second-order valence-corrected chi connectivity index (χ2v) is 34.9. The summed E-state index contributed by atoms with van der Waals surface area (Å²) in [4.78, 5) is 155. The Morgan fingerprint density at radius 3 is 1.16 bits per heavy atom. The van der Waals surface area contributed by atoms with Crippen molar-refractivity contribution in [1.29, 1.82) is 0 Å². The number of anilines is 2. The molecule has 12 atom stereocenters. The number of esters is 2. The number of aromatic nitrogens is 4. The van der Waals surface area contributed by atoms with Crippen molar-refractivity contribution in [2.24, 2.45) is 33.5 Å². The smallest absolute Gasteiger partial charge is 0.332 e. The first-order valence-corrected chi connectivity index (χ1v) is 38.8. The van der Waals surface area contributed by atoms with Gasteiger partial charge in [-0.2, -0.15) is 0 Å². The standard InChI is InChI=1S/2C40H53N7O8S/c2*1-12-23-18-40(23,35(51)54-11)46-33(49)30-16-25(19-47(30)34(50)32(39(7,8)9)45-36(52)41-21(2)38(4,5)6)55-31-17-28(29-20-56-37(44-29)42-22(3)48)43-27-15-24(53-10)13-14-26(27)31/h2*12-15,17,20-21,23,25,30,32H,1,16,18-19H2,2-11H3,(H,46,49)(H2,41,45,52)(H,42,44,48)/t2*21?,23-,25?,30-,32+,40+/m00/s1. The number of ether oxygens (including phenoxy) is 6. The van der Waals surface area contributed by atoms with Gasteiger partial charge < -0.3 is 80.8 Å². The van der Waals surface area contributed by atoms with Crippen LogP contribution in [-0.2, 0) is 47.8 Å². The Bertz CT molecular complexity index is 4330. The summed E-state index contributed by atoms with van der Waals surface area (Å²) in [5, 5.41) is 28.4. The van der Waals surface area contributed by atoms with E-state index < -0.39 is 106 Å². The molecule has 2 aromatic carbocycles. The number of fused-ring (bicyclic) bond motifs is 2. The molecule has 0 spiro atoms. The Kier molecular flexibility index (Phi) is 25.8. The maximum absolute atomic E-state index is 14.7. The Morgan fingerprint density at radius 2 is 0.866 bits per heavy atom. The molecule has 6 aromatic rings. The maximum Gasteiger partial charge on any atom is 0.332 e. The first-order valence-electron chi connectivity index (χ1n) is 37.0. The van der Waals surface area contributed by atoms with Crippen molar-refractivity contribution in [2.75, 3.05) is 52.2 Å². The van der Waals surface area contributed by atoms with Gasteiger partial charge >= 0.3 is 24.0 Å². The number of benzene rings is 2. The van der Waals surface area contributed by atoms with Crippen molar-refractivity contribution >= 4 is 114 Å². The molecule has 2 aliphatic carbocycles. The number of hydrogen-bond donors (Lipinski definition) is 8. The van der Waals surface area contributed by atoms with Crippen LogP contribution in [-0.4, -0.2) is 190 Å². The predicted octanol–water partition coefficient (Wildman–Crippen LogP) is 10.1. The lowest BCUT2D eigenvalue weighted by Gasteiger charge is -2.36. The molecule has 4 unspecified atom stereocenters. The van der Waals surface area contributed by atoms with Gasteiger partial charge in [-0.1, -0.05) is 95.2 Å². The molecule has 0 bridgehead atoms. The summed E-state index contributed by atoms with van der Waals surface area (Å²) in [6, 6.07) is 8.47. The van der Waals surface area contributed by atoms with Crippen LogP contribution in [0.4, 0.5) is 19.9 Å². The topological polar surface area (TPSA) is 380 Å². The van der Waals surface area contributed by atoms with Gasteiger partial charge in [-0.15, -0.1) is 35.8 Å². The summed E-state index contributed by atoms with van der Waals surface area (Å²) in [6.45, 7) is 37.2. The lowest BCUT2D eigenvalue weighted by Crippen LogP contribution is -2.61. The molecule has 8 N–H and O–H groups in total. The van der Waals surface area contributed by atoms with Gasteiger partial charge in [0.1, 0.15) is 81.8 Å². The van der Waals surface area contributed by atoms with E-state index in [0.29, 0.717) is 90.7 Å². The maximum atomic E-state index is 14.7. The number of likely N-dealkylation sites (tertiary alicyclic amines) is 2. The minimum absolute atomic E-state index is 0.0139. The number of rotatable bonds is 24. The number of amides is 10.